The number of benzene rings is 1. The van der Waals surface area contributed by atoms with Crippen molar-refractivity contribution in [1.82, 2.24) is 0 Å². The molecule has 0 saturated carbocycles. The van der Waals surface area contributed by atoms with Crippen LogP contribution in [0.5, 0.6) is 5.75 Å². The zero-order chi connectivity index (χ0) is 12.1. The summed E-state index contributed by atoms with van der Waals surface area (Å²) in [5, 5.41) is 0. The molecule has 0 radical (unpaired) electrons. The molecule has 0 amide bonds. The van der Waals surface area contributed by atoms with E-state index in [1.54, 1.807) is 18.2 Å². The Hall–Kier alpha value is -1.16. The molecule has 1 rings (SSSR count). The van der Waals surface area contributed by atoms with E-state index in [1.165, 1.54) is 6.07 Å². The topological polar surface area (TPSA) is 35.2 Å². The van der Waals surface area contributed by atoms with Crippen LogP contribution in [-0.2, 0) is 0 Å². The molecule has 2 atom stereocenters. The molecule has 0 bridgehead atoms. The van der Waals surface area contributed by atoms with Crippen LogP contribution in [0.2, 0.25) is 0 Å². The Bertz CT molecular complexity index is 331. The Morgan fingerprint density at radius 1 is 1.31 bits per heavy atom. The number of rotatable bonds is 5. The lowest BCUT2D eigenvalue weighted by molar-refractivity contribution is -0.0507. The van der Waals surface area contributed by atoms with Crippen LogP contribution in [0.15, 0.2) is 24.3 Å². The fraction of sp³-hybridized carbons (Fsp3) is 0.500. The maximum atomic E-state index is 12.2. The van der Waals surface area contributed by atoms with Crippen LogP contribution >= 0.6 is 0 Å². The second kappa shape index (κ2) is 5.80. The van der Waals surface area contributed by atoms with Crippen molar-refractivity contribution in [2.75, 3.05) is 0 Å². The van der Waals surface area contributed by atoms with Crippen molar-refractivity contribution in [2.45, 2.75) is 32.9 Å². The molecule has 0 saturated heterocycles. The van der Waals surface area contributed by atoms with Crippen LogP contribution in [0, 0.1) is 5.92 Å². The highest BCUT2D eigenvalue weighted by Gasteiger charge is 2.18. The molecule has 0 fully saturated rings. The molecule has 90 valence electrons. The van der Waals surface area contributed by atoms with Crippen LogP contribution in [-0.4, -0.2) is 6.61 Å². The average molecular weight is 229 g/mol. The number of hydrogen-bond donors (Lipinski definition) is 1. The molecular weight excluding hydrogens is 212 g/mol. The first-order valence-corrected chi connectivity index (χ1v) is 5.35. The van der Waals surface area contributed by atoms with E-state index in [0.29, 0.717) is 5.56 Å². The molecule has 2 nitrogen and oxygen atoms in total. The van der Waals surface area contributed by atoms with E-state index in [2.05, 4.69) is 4.74 Å². The van der Waals surface area contributed by atoms with E-state index in [4.69, 9.17) is 5.73 Å². The predicted molar refractivity (Wildman–Crippen MR) is 59.5 cm³/mol. The van der Waals surface area contributed by atoms with Gasteiger partial charge >= 0.3 is 6.61 Å². The third kappa shape index (κ3) is 3.17. The minimum absolute atomic E-state index is 0.172. The van der Waals surface area contributed by atoms with Gasteiger partial charge in [-0.2, -0.15) is 8.78 Å². The van der Waals surface area contributed by atoms with Gasteiger partial charge in [0.1, 0.15) is 5.75 Å². The van der Waals surface area contributed by atoms with E-state index in [0.717, 1.165) is 6.42 Å². The van der Waals surface area contributed by atoms with Gasteiger partial charge in [-0.1, -0.05) is 38.5 Å². The standard InChI is InChI=1S/C12H17F2NO/c1-3-8(2)11(15)9-6-4-5-7-10(9)16-12(13)14/h4-8,11-12H,3,15H2,1-2H3. The Balaban J connectivity index is 2.93. The van der Waals surface area contributed by atoms with Crippen LogP contribution in [0.4, 0.5) is 8.78 Å². The summed E-state index contributed by atoms with van der Waals surface area (Å²) in [6.07, 6.45) is 0.893. The average Bonchev–Trinajstić information content (AvgIpc) is 2.27. The van der Waals surface area contributed by atoms with Gasteiger partial charge in [0.15, 0.2) is 0 Å². The van der Waals surface area contributed by atoms with E-state index >= 15 is 0 Å². The molecule has 0 aromatic heterocycles. The number of alkyl halides is 2. The molecule has 0 spiro atoms. The van der Waals surface area contributed by atoms with Gasteiger partial charge in [0.25, 0.3) is 0 Å². The fourth-order valence-corrected chi connectivity index (χ4v) is 1.52. The number of ether oxygens (including phenoxy) is 1. The van der Waals surface area contributed by atoms with Gasteiger partial charge in [-0.25, -0.2) is 0 Å². The van der Waals surface area contributed by atoms with Crippen molar-refractivity contribution >= 4 is 0 Å². The van der Waals surface area contributed by atoms with Crippen molar-refractivity contribution in [1.29, 1.82) is 0 Å². The molecule has 0 aliphatic rings. The molecule has 2 unspecified atom stereocenters. The van der Waals surface area contributed by atoms with Crippen LogP contribution in [0.1, 0.15) is 31.9 Å². The highest BCUT2D eigenvalue weighted by molar-refractivity contribution is 5.36. The smallest absolute Gasteiger partial charge is 0.387 e. The number of halogens is 2. The lowest BCUT2D eigenvalue weighted by atomic mass is 9.93. The minimum Gasteiger partial charge on any atom is -0.434 e. The van der Waals surface area contributed by atoms with Crippen molar-refractivity contribution in [3.05, 3.63) is 29.8 Å². The Morgan fingerprint density at radius 2 is 1.94 bits per heavy atom. The summed E-state index contributed by atoms with van der Waals surface area (Å²) in [5.74, 6) is 0.396. The molecule has 2 N–H and O–H groups in total. The summed E-state index contributed by atoms with van der Waals surface area (Å²) < 4.78 is 28.8. The van der Waals surface area contributed by atoms with Gasteiger partial charge in [0.2, 0.25) is 0 Å². The normalized spacial score (nSPS) is 14.9. The molecule has 4 heteroatoms. The van der Waals surface area contributed by atoms with Gasteiger partial charge in [0.05, 0.1) is 0 Å². The van der Waals surface area contributed by atoms with Crippen molar-refractivity contribution in [2.24, 2.45) is 11.7 Å². The molecular formula is C12H17F2NO. The van der Waals surface area contributed by atoms with E-state index in [-0.39, 0.29) is 17.7 Å². The van der Waals surface area contributed by atoms with E-state index in [9.17, 15) is 8.78 Å². The zero-order valence-corrected chi connectivity index (χ0v) is 9.49. The second-order valence-corrected chi connectivity index (χ2v) is 3.83. The lowest BCUT2D eigenvalue weighted by Gasteiger charge is -2.21. The maximum Gasteiger partial charge on any atom is 0.387 e. The van der Waals surface area contributed by atoms with Crippen molar-refractivity contribution in [3.8, 4) is 5.75 Å². The molecule has 0 aliphatic heterocycles. The Labute approximate surface area is 94.4 Å². The summed E-state index contributed by atoms with van der Waals surface area (Å²) in [4.78, 5) is 0. The third-order valence-electron chi connectivity index (χ3n) is 2.75. The van der Waals surface area contributed by atoms with Crippen LogP contribution in [0.25, 0.3) is 0 Å². The number of hydrogen-bond acceptors (Lipinski definition) is 2. The van der Waals surface area contributed by atoms with Crippen LogP contribution < -0.4 is 10.5 Å². The number of nitrogens with two attached hydrogens (primary N) is 1. The van der Waals surface area contributed by atoms with E-state index in [1.807, 2.05) is 13.8 Å². The molecule has 1 aromatic rings. The van der Waals surface area contributed by atoms with Crippen LogP contribution in [0.3, 0.4) is 0 Å². The van der Waals surface area contributed by atoms with Crippen molar-refractivity contribution in [3.63, 3.8) is 0 Å². The largest absolute Gasteiger partial charge is 0.434 e. The summed E-state index contributed by atoms with van der Waals surface area (Å²) in [6, 6.07) is 6.40. The van der Waals surface area contributed by atoms with Gasteiger partial charge in [0, 0.05) is 11.6 Å². The summed E-state index contributed by atoms with van der Waals surface area (Å²) in [7, 11) is 0. The summed E-state index contributed by atoms with van der Waals surface area (Å²) in [5.41, 5.74) is 6.64. The first-order valence-electron chi connectivity index (χ1n) is 5.35. The number of para-hydroxylation sites is 1. The first-order chi connectivity index (χ1) is 7.56. The van der Waals surface area contributed by atoms with Gasteiger partial charge in [-0.15, -0.1) is 0 Å². The van der Waals surface area contributed by atoms with Gasteiger partial charge < -0.3 is 10.5 Å². The first kappa shape index (κ1) is 12.9. The fourth-order valence-electron chi connectivity index (χ4n) is 1.52. The molecule has 16 heavy (non-hydrogen) atoms. The molecule has 0 heterocycles. The molecule has 0 aliphatic carbocycles. The summed E-state index contributed by atoms with van der Waals surface area (Å²) in [6.45, 7) is 1.19. The minimum atomic E-state index is -2.81. The zero-order valence-electron chi connectivity index (χ0n) is 9.49. The quantitative estimate of drug-likeness (QED) is 0.840. The highest BCUT2D eigenvalue weighted by Crippen LogP contribution is 2.30. The second-order valence-electron chi connectivity index (χ2n) is 3.83. The Morgan fingerprint density at radius 3 is 2.50 bits per heavy atom. The lowest BCUT2D eigenvalue weighted by Crippen LogP contribution is -2.20. The van der Waals surface area contributed by atoms with Gasteiger partial charge in [-0.3, -0.25) is 0 Å². The van der Waals surface area contributed by atoms with Crippen molar-refractivity contribution < 1.29 is 13.5 Å². The maximum absolute atomic E-state index is 12.2. The monoisotopic (exact) mass is 229 g/mol. The SMILES string of the molecule is CCC(C)C(N)c1ccccc1OC(F)F. The predicted octanol–water partition coefficient (Wildman–Crippen LogP) is 3.33. The summed E-state index contributed by atoms with van der Waals surface area (Å²) >= 11 is 0. The third-order valence-corrected chi connectivity index (χ3v) is 2.75. The Kier molecular flexibility index (Phi) is 4.68. The highest BCUT2D eigenvalue weighted by atomic mass is 19.3. The van der Waals surface area contributed by atoms with Gasteiger partial charge in [-0.05, 0) is 12.0 Å². The van der Waals surface area contributed by atoms with E-state index < -0.39 is 6.61 Å². The molecule has 1 aromatic carbocycles.